The first kappa shape index (κ1) is 65.5. The van der Waals surface area contributed by atoms with Gasteiger partial charge in [0, 0.05) is 12.8 Å². The summed E-state index contributed by atoms with van der Waals surface area (Å²) in [7, 11) is 0. The van der Waals surface area contributed by atoms with Crippen LogP contribution in [0.15, 0.2) is 158 Å². The van der Waals surface area contributed by atoms with Crippen LogP contribution in [0, 0.1) is 0 Å². The molecule has 0 aliphatic heterocycles. The molecule has 1 unspecified atom stereocenters. The van der Waals surface area contributed by atoms with Gasteiger partial charge in [0.2, 0.25) is 0 Å². The van der Waals surface area contributed by atoms with Crippen LogP contribution < -0.4 is 0 Å². The van der Waals surface area contributed by atoms with Gasteiger partial charge in [-0.25, -0.2) is 0 Å². The molecule has 0 aliphatic rings. The monoisotopic (exact) mass is 963 g/mol. The Morgan fingerprint density at radius 3 is 0.857 bits per heavy atom. The van der Waals surface area contributed by atoms with Gasteiger partial charge in [-0.3, -0.25) is 9.59 Å². The Morgan fingerprint density at radius 2 is 0.571 bits per heavy atom. The highest BCUT2D eigenvalue weighted by atomic mass is 16.6. The maximum atomic E-state index is 12.3. The van der Waals surface area contributed by atoms with E-state index in [1.807, 2.05) is 0 Å². The van der Waals surface area contributed by atoms with E-state index in [2.05, 4.69) is 172 Å². The number of aliphatic hydroxyl groups excluding tert-OH is 1. The Labute approximate surface area is 430 Å². The second kappa shape index (κ2) is 58.8. The quantitative estimate of drug-likeness (QED) is 0.0374. The third-order valence-electron chi connectivity index (χ3n) is 11.3. The highest BCUT2D eigenvalue weighted by Gasteiger charge is 2.16. The number of hydrogen-bond donors (Lipinski definition) is 1. The molecule has 0 aromatic carbocycles. The number of esters is 2. The standard InChI is InChI=1S/C65H102O5/c1-3-5-7-9-11-13-15-17-19-21-22-23-24-25-26-27-28-29-30-31-32-33-34-35-36-37-38-39-40-41-42-44-46-48-50-52-54-56-58-60-65(68)70-63(61-66)62-69-64(67)59-57-55-53-51-49-47-45-43-20-18-16-14-12-10-8-6-4-2/h5-8,11-14,17-20,22-23,25-26,28-29,31-32,34-35,37-38,40-41,63,66H,3-4,9-10,15-16,21,24,27,30,33,36,39,42-62H2,1-2H3/b7-5-,8-6-,13-11-,14-12-,19-17-,20-18-,23-22-,26-25-,29-28-,32-31-,35-34-,38-37-,41-40-. The van der Waals surface area contributed by atoms with Gasteiger partial charge in [0.15, 0.2) is 6.10 Å². The summed E-state index contributed by atoms with van der Waals surface area (Å²) >= 11 is 0. The van der Waals surface area contributed by atoms with Gasteiger partial charge in [-0.15, -0.1) is 0 Å². The minimum absolute atomic E-state index is 0.0838. The topological polar surface area (TPSA) is 72.8 Å². The summed E-state index contributed by atoms with van der Waals surface area (Å²) in [5.74, 6) is -0.622. The smallest absolute Gasteiger partial charge is 0.306 e. The average Bonchev–Trinajstić information content (AvgIpc) is 3.36. The molecular formula is C65H102O5. The SMILES string of the molecule is CC/C=C\C/C=C\C/C=C\C/C=C\C/C=C\C/C=C\C/C=C\C/C=C\C/C=C\C/C=C\CCCCCCCCCCC(=O)OC(CO)COC(=O)CCCCCCCCC/C=C\C/C=C\C/C=C\CC. The van der Waals surface area contributed by atoms with Crippen molar-refractivity contribution in [2.24, 2.45) is 0 Å². The predicted molar refractivity (Wildman–Crippen MR) is 306 cm³/mol. The minimum Gasteiger partial charge on any atom is -0.462 e. The zero-order valence-electron chi connectivity index (χ0n) is 44.7. The van der Waals surface area contributed by atoms with Crippen molar-refractivity contribution in [3.05, 3.63) is 158 Å². The lowest BCUT2D eigenvalue weighted by atomic mass is 10.1. The molecule has 392 valence electrons. The van der Waals surface area contributed by atoms with Gasteiger partial charge in [-0.1, -0.05) is 242 Å². The molecule has 0 fully saturated rings. The Balaban J connectivity index is 3.62. The zero-order valence-corrected chi connectivity index (χ0v) is 44.7. The van der Waals surface area contributed by atoms with Gasteiger partial charge < -0.3 is 14.6 Å². The van der Waals surface area contributed by atoms with E-state index in [1.54, 1.807) is 0 Å². The van der Waals surface area contributed by atoms with Crippen molar-refractivity contribution in [3.8, 4) is 0 Å². The van der Waals surface area contributed by atoms with Crippen LogP contribution in [-0.4, -0.2) is 36.4 Å². The molecule has 0 heterocycles. The molecule has 0 radical (unpaired) electrons. The van der Waals surface area contributed by atoms with Crippen LogP contribution in [0.5, 0.6) is 0 Å². The van der Waals surface area contributed by atoms with E-state index < -0.39 is 6.10 Å². The number of allylic oxidation sites excluding steroid dienone is 26. The summed E-state index contributed by atoms with van der Waals surface area (Å²) in [4.78, 5) is 24.5. The van der Waals surface area contributed by atoms with Crippen molar-refractivity contribution in [2.45, 2.75) is 225 Å². The van der Waals surface area contributed by atoms with E-state index in [4.69, 9.17) is 9.47 Å². The lowest BCUT2D eigenvalue weighted by molar-refractivity contribution is -0.161. The molecule has 0 amide bonds. The summed E-state index contributed by atoms with van der Waals surface area (Å²) < 4.78 is 10.7. The van der Waals surface area contributed by atoms with Crippen LogP contribution in [0.25, 0.3) is 0 Å². The van der Waals surface area contributed by atoms with E-state index in [9.17, 15) is 14.7 Å². The molecule has 0 rings (SSSR count). The van der Waals surface area contributed by atoms with E-state index >= 15 is 0 Å². The van der Waals surface area contributed by atoms with Crippen molar-refractivity contribution in [1.29, 1.82) is 0 Å². The molecule has 0 aliphatic carbocycles. The molecule has 0 saturated carbocycles. The van der Waals surface area contributed by atoms with Crippen molar-refractivity contribution in [1.82, 2.24) is 0 Å². The summed E-state index contributed by atoms with van der Waals surface area (Å²) in [5, 5.41) is 9.64. The number of carbonyl (C=O) groups is 2. The van der Waals surface area contributed by atoms with E-state index in [0.717, 1.165) is 135 Å². The van der Waals surface area contributed by atoms with Gasteiger partial charge in [0.25, 0.3) is 0 Å². The maximum absolute atomic E-state index is 12.3. The summed E-state index contributed by atoms with van der Waals surface area (Å²) in [6.07, 6.45) is 90.6. The Morgan fingerprint density at radius 1 is 0.329 bits per heavy atom. The van der Waals surface area contributed by atoms with E-state index in [-0.39, 0.29) is 25.2 Å². The normalized spacial score (nSPS) is 13.5. The second-order valence-electron chi connectivity index (χ2n) is 17.9. The average molecular weight is 964 g/mol. The van der Waals surface area contributed by atoms with Crippen LogP contribution in [0.3, 0.4) is 0 Å². The number of rotatable bonds is 49. The molecule has 1 atom stereocenters. The maximum Gasteiger partial charge on any atom is 0.306 e. The van der Waals surface area contributed by atoms with Crippen LogP contribution >= 0.6 is 0 Å². The van der Waals surface area contributed by atoms with Crippen LogP contribution in [0.2, 0.25) is 0 Å². The Bertz CT molecular complexity index is 1560. The summed E-state index contributed by atoms with van der Waals surface area (Å²) in [5.41, 5.74) is 0. The van der Waals surface area contributed by atoms with Crippen LogP contribution in [0.1, 0.15) is 219 Å². The molecule has 0 aromatic rings. The Kier molecular flexibility index (Phi) is 55.1. The fraction of sp³-hybridized carbons (Fsp3) is 0.569. The lowest BCUT2D eigenvalue weighted by Gasteiger charge is -2.15. The van der Waals surface area contributed by atoms with Crippen molar-refractivity contribution in [3.63, 3.8) is 0 Å². The third kappa shape index (κ3) is 56.1. The minimum atomic E-state index is -0.792. The number of unbranched alkanes of at least 4 members (excludes halogenated alkanes) is 15. The fourth-order valence-corrected chi connectivity index (χ4v) is 7.18. The summed E-state index contributed by atoms with van der Waals surface area (Å²) in [6, 6.07) is 0. The number of ether oxygens (including phenoxy) is 2. The van der Waals surface area contributed by atoms with Crippen LogP contribution in [-0.2, 0) is 19.1 Å². The van der Waals surface area contributed by atoms with Gasteiger partial charge in [-0.05, 0) is 122 Å². The molecule has 70 heavy (non-hydrogen) atoms. The highest BCUT2D eigenvalue weighted by molar-refractivity contribution is 5.70. The molecule has 5 nitrogen and oxygen atoms in total. The Hall–Kier alpha value is -4.48. The van der Waals surface area contributed by atoms with Crippen molar-refractivity contribution >= 4 is 11.9 Å². The molecular weight excluding hydrogens is 861 g/mol. The number of carbonyl (C=O) groups excluding carboxylic acids is 2. The van der Waals surface area contributed by atoms with Gasteiger partial charge in [0.1, 0.15) is 6.61 Å². The molecule has 0 bridgehead atoms. The summed E-state index contributed by atoms with van der Waals surface area (Å²) in [6.45, 7) is 3.89. The van der Waals surface area contributed by atoms with Crippen LogP contribution in [0.4, 0.5) is 0 Å². The number of aliphatic hydroxyl groups is 1. The van der Waals surface area contributed by atoms with Crippen molar-refractivity contribution in [2.75, 3.05) is 13.2 Å². The van der Waals surface area contributed by atoms with Gasteiger partial charge in [0.05, 0.1) is 6.61 Å². The lowest BCUT2D eigenvalue weighted by Crippen LogP contribution is -2.28. The highest BCUT2D eigenvalue weighted by Crippen LogP contribution is 2.13. The largest absolute Gasteiger partial charge is 0.462 e. The van der Waals surface area contributed by atoms with E-state index in [0.29, 0.717) is 12.8 Å². The fourth-order valence-electron chi connectivity index (χ4n) is 7.18. The molecule has 0 spiro atoms. The van der Waals surface area contributed by atoms with Crippen molar-refractivity contribution < 1.29 is 24.2 Å². The molecule has 1 N–H and O–H groups in total. The van der Waals surface area contributed by atoms with Gasteiger partial charge >= 0.3 is 11.9 Å². The zero-order chi connectivity index (χ0) is 50.6. The first-order valence-electron chi connectivity index (χ1n) is 28.0. The molecule has 5 heteroatoms. The van der Waals surface area contributed by atoms with E-state index in [1.165, 1.54) is 57.8 Å². The molecule has 0 saturated heterocycles. The number of hydrogen-bond acceptors (Lipinski definition) is 5. The second-order valence-corrected chi connectivity index (χ2v) is 17.9. The first-order valence-corrected chi connectivity index (χ1v) is 28.0. The first-order chi connectivity index (χ1) is 34.6. The van der Waals surface area contributed by atoms with Gasteiger partial charge in [-0.2, -0.15) is 0 Å². The predicted octanol–water partition coefficient (Wildman–Crippen LogP) is 19.2. The third-order valence-corrected chi connectivity index (χ3v) is 11.3. The molecule has 0 aromatic heterocycles.